The van der Waals surface area contributed by atoms with Gasteiger partial charge >= 0.3 is 5.97 Å². The minimum Gasteiger partial charge on any atom is -0.452 e. The molecule has 29 heavy (non-hydrogen) atoms. The number of fused-ring (bicyclic) bond motifs is 1. The van der Waals surface area contributed by atoms with Gasteiger partial charge in [-0.15, -0.1) is 0 Å². The molecule has 0 fully saturated rings. The zero-order valence-corrected chi connectivity index (χ0v) is 16.4. The highest BCUT2D eigenvalue weighted by atomic mass is 16.5. The number of nitrogens with one attached hydrogen (secondary N) is 1. The molecule has 0 spiro atoms. The van der Waals surface area contributed by atoms with Gasteiger partial charge in [0.1, 0.15) is 0 Å². The Morgan fingerprint density at radius 3 is 2.52 bits per heavy atom. The molecular weight excluding hydrogens is 370 g/mol. The molecule has 0 aliphatic heterocycles. The van der Waals surface area contributed by atoms with Crippen molar-refractivity contribution in [1.29, 1.82) is 0 Å². The van der Waals surface area contributed by atoms with Gasteiger partial charge in [-0.2, -0.15) is 0 Å². The minimum atomic E-state index is -0.930. The molecule has 7 nitrogen and oxygen atoms in total. The number of carbonyl (C=O) groups is 2. The number of rotatable bonds is 7. The highest BCUT2D eigenvalue weighted by Crippen LogP contribution is 2.12. The Morgan fingerprint density at radius 2 is 1.76 bits per heavy atom. The number of aryl methyl sites for hydroxylation is 1. The van der Waals surface area contributed by atoms with E-state index in [4.69, 9.17) is 4.74 Å². The van der Waals surface area contributed by atoms with Crippen LogP contribution in [-0.2, 0) is 20.9 Å². The van der Waals surface area contributed by atoms with Crippen molar-refractivity contribution >= 4 is 22.8 Å². The molecule has 3 rings (SSSR count). The van der Waals surface area contributed by atoms with Crippen molar-refractivity contribution in [3.8, 4) is 0 Å². The summed E-state index contributed by atoms with van der Waals surface area (Å²) in [4.78, 5) is 41.1. The van der Waals surface area contributed by atoms with Crippen LogP contribution in [0.4, 0.5) is 0 Å². The smallest absolute Gasteiger partial charge is 0.308 e. The Labute approximate surface area is 168 Å². The van der Waals surface area contributed by atoms with Gasteiger partial charge in [0.15, 0.2) is 6.10 Å². The molecule has 0 saturated carbocycles. The lowest BCUT2D eigenvalue weighted by atomic mass is 10.1. The number of para-hydroxylation sites is 1. The normalized spacial score (nSPS) is 12.9. The van der Waals surface area contributed by atoms with E-state index in [1.807, 2.05) is 43.3 Å². The number of carbonyl (C=O) groups excluding carboxylic acids is 2. The van der Waals surface area contributed by atoms with Crippen LogP contribution in [0.3, 0.4) is 0 Å². The maximum Gasteiger partial charge on any atom is 0.308 e. The number of ether oxygens (including phenoxy) is 1. The summed E-state index contributed by atoms with van der Waals surface area (Å²) in [7, 11) is 0. The van der Waals surface area contributed by atoms with Crippen molar-refractivity contribution in [1.82, 2.24) is 14.9 Å². The SMILES string of the molecule is CC(OC(=O)CCn1cnc2ccccc2c1=O)C(=O)NC(C)c1ccccc1. The molecule has 1 heterocycles. The molecule has 0 bridgehead atoms. The predicted molar refractivity (Wildman–Crippen MR) is 109 cm³/mol. The van der Waals surface area contributed by atoms with Gasteiger partial charge in [0.05, 0.1) is 29.7 Å². The Kier molecular flexibility index (Phi) is 6.39. The third-order valence-corrected chi connectivity index (χ3v) is 4.62. The third-order valence-electron chi connectivity index (χ3n) is 4.62. The molecule has 2 atom stereocenters. The van der Waals surface area contributed by atoms with E-state index >= 15 is 0 Å². The largest absolute Gasteiger partial charge is 0.452 e. The van der Waals surface area contributed by atoms with Crippen molar-refractivity contribution in [2.75, 3.05) is 0 Å². The molecule has 3 aromatic rings. The number of nitrogens with zero attached hydrogens (tertiary/aromatic N) is 2. The standard InChI is InChI=1S/C22H23N3O4/c1-15(17-8-4-3-5-9-17)24-21(27)16(2)29-20(26)12-13-25-14-23-19-11-7-6-10-18(19)22(25)28/h3-11,14-16H,12-13H2,1-2H3,(H,24,27). The summed E-state index contributed by atoms with van der Waals surface area (Å²) in [6, 6.07) is 16.3. The van der Waals surface area contributed by atoms with Crippen molar-refractivity contribution in [3.63, 3.8) is 0 Å². The van der Waals surface area contributed by atoms with Gasteiger partial charge in [-0.05, 0) is 31.5 Å². The maximum atomic E-state index is 12.4. The van der Waals surface area contributed by atoms with Crippen LogP contribution < -0.4 is 10.9 Å². The van der Waals surface area contributed by atoms with Gasteiger partial charge in [-0.1, -0.05) is 42.5 Å². The zero-order chi connectivity index (χ0) is 20.8. The van der Waals surface area contributed by atoms with E-state index in [1.165, 1.54) is 17.8 Å². The first-order valence-electron chi connectivity index (χ1n) is 9.44. The fraction of sp³-hybridized carbons (Fsp3) is 0.273. The second kappa shape index (κ2) is 9.14. The lowest BCUT2D eigenvalue weighted by Crippen LogP contribution is -2.37. The fourth-order valence-electron chi connectivity index (χ4n) is 2.94. The van der Waals surface area contributed by atoms with Crippen molar-refractivity contribution in [2.24, 2.45) is 0 Å². The van der Waals surface area contributed by atoms with Crippen LogP contribution in [0.25, 0.3) is 10.9 Å². The first kappa shape index (κ1) is 20.3. The van der Waals surface area contributed by atoms with Crippen LogP contribution in [0.1, 0.15) is 31.9 Å². The van der Waals surface area contributed by atoms with Crippen LogP contribution in [-0.4, -0.2) is 27.5 Å². The number of benzene rings is 2. The van der Waals surface area contributed by atoms with Crippen molar-refractivity contribution < 1.29 is 14.3 Å². The molecule has 1 aromatic heterocycles. The van der Waals surface area contributed by atoms with Crippen LogP contribution in [0.5, 0.6) is 0 Å². The number of hydrogen-bond acceptors (Lipinski definition) is 5. The maximum absolute atomic E-state index is 12.4. The summed E-state index contributed by atoms with van der Waals surface area (Å²) < 4.78 is 6.58. The average molecular weight is 393 g/mol. The predicted octanol–water partition coefficient (Wildman–Crippen LogP) is 2.60. The number of esters is 1. The second-order valence-corrected chi connectivity index (χ2v) is 6.78. The van der Waals surface area contributed by atoms with E-state index in [0.29, 0.717) is 10.9 Å². The van der Waals surface area contributed by atoms with E-state index in [2.05, 4.69) is 10.3 Å². The van der Waals surface area contributed by atoms with E-state index in [1.54, 1.807) is 18.2 Å². The summed E-state index contributed by atoms with van der Waals surface area (Å²) in [5.41, 5.74) is 1.35. The third kappa shape index (κ3) is 5.07. The molecule has 150 valence electrons. The number of amides is 1. The van der Waals surface area contributed by atoms with Gasteiger partial charge in [0.25, 0.3) is 11.5 Å². The molecule has 1 amide bonds. The van der Waals surface area contributed by atoms with E-state index < -0.39 is 12.1 Å². The number of aromatic nitrogens is 2. The molecule has 1 N–H and O–H groups in total. The first-order valence-corrected chi connectivity index (χ1v) is 9.44. The van der Waals surface area contributed by atoms with Gasteiger partial charge in [-0.3, -0.25) is 19.0 Å². The summed E-state index contributed by atoms with van der Waals surface area (Å²) in [6.07, 6.45) is 0.446. The Bertz CT molecular complexity index is 1060. The fourth-order valence-corrected chi connectivity index (χ4v) is 2.94. The minimum absolute atomic E-state index is 0.0359. The molecule has 2 unspecified atom stereocenters. The summed E-state index contributed by atoms with van der Waals surface area (Å²) in [6.45, 7) is 3.51. The average Bonchev–Trinajstić information content (AvgIpc) is 2.74. The zero-order valence-electron chi connectivity index (χ0n) is 16.4. The highest BCUT2D eigenvalue weighted by Gasteiger charge is 2.20. The lowest BCUT2D eigenvalue weighted by molar-refractivity contribution is -0.155. The Morgan fingerprint density at radius 1 is 1.07 bits per heavy atom. The highest BCUT2D eigenvalue weighted by molar-refractivity contribution is 5.83. The van der Waals surface area contributed by atoms with Gasteiger partial charge < -0.3 is 10.1 Å². The Balaban J connectivity index is 1.53. The van der Waals surface area contributed by atoms with Crippen molar-refractivity contribution in [2.45, 2.75) is 39.0 Å². The van der Waals surface area contributed by atoms with Gasteiger partial charge in [0.2, 0.25) is 0 Å². The molecule has 0 radical (unpaired) electrons. The molecule has 7 heteroatoms. The lowest BCUT2D eigenvalue weighted by Gasteiger charge is -2.18. The summed E-state index contributed by atoms with van der Waals surface area (Å²) in [5, 5.41) is 3.31. The van der Waals surface area contributed by atoms with E-state index in [-0.39, 0.29) is 30.5 Å². The molecule has 2 aromatic carbocycles. The van der Waals surface area contributed by atoms with Crippen LogP contribution in [0.15, 0.2) is 65.7 Å². The summed E-state index contributed by atoms with van der Waals surface area (Å²) >= 11 is 0. The summed E-state index contributed by atoms with van der Waals surface area (Å²) in [5.74, 6) is -0.931. The molecule has 0 saturated heterocycles. The number of hydrogen-bond donors (Lipinski definition) is 1. The quantitative estimate of drug-likeness (QED) is 0.623. The molecule has 0 aliphatic carbocycles. The van der Waals surface area contributed by atoms with E-state index in [9.17, 15) is 14.4 Å². The van der Waals surface area contributed by atoms with Gasteiger partial charge in [-0.25, -0.2) is 4.98 Å². The van der Waals surface area contributed by atoms with Crippen LogP contribution in [0, 0.1) is 0 Å². The van der Waals surface area contributed by atoms with Gasteiger partial charge in [0, 0.05) is 6.54 Å². The first-order chi connectivity index (χ1) is 14.0. The van der Waals surface area contributed by atoms with Crippen LogP contribution in [0.2, 0.25) is 0 Å². The Hall–Kier alpha value is -3.48. The molecule has 0 aliphatic rings. The van der Waals surface area contributed by atoms with E-state index in [0.717, 1.165) is 5.56 Å². The molecular formula is C22H23N3O4. The van der Waals surface area contributed by atoms with Crippen molar-refractivity contribution in [3.05, 3.63) is 76.8 Å². The second-order valence-electron chi connectivity index (χ2n) is 6.78. The topological polar surface area (TPSA) is 90.3 Å². The van der Waals surface area contributed by atoms with Crippen LogP contribution >= 0.6 is 0 Å². The monoisotopic (exact) mass is 393 g/mol.